The molecule has 31 heavy (non-hydrogen) atoms. The van der Waals surface area contributed by atoms with Crippen molar-refractivity contribution in [3.8, 4) is 17.2 Å². The van der Waals surface area contributed by atoms with E-state index in [2.05, 4.69) is 16.7 Å². The summed E-state index contributed by atoms with van der Waals surface area (Å²) in [5.74, 6) is -2.06. The second kappa shape index (κ2) is 10.5. The Morgan fingerprint density at radius 3 is 2.35 bits per heavy atom. The highest BCUT2D eigenvalue weighted by molar-refractivity contribution is 5.94. The molecule has 4 nitrogen and oxygen atoms in total. The third-order valence-corrected chi connectivity index (χ3v) is 5.08. The topological polar surface area (TPSA) is 64.9 Å². The molecular formula is C25H23F2N3O. The molecule has 0 heterocycles. The number of amides is 1. The van der Waals surface area contributed by atoms with E-state index in [9.17, 15) is 13.6 Å². The van der Waals surface area contributed by atoms with Gasteiger partial charge in [0.25, 0.3) is 5.91 Å². The highest BCUT2D eigenvalue weighted by atomic mass is 19.1. The van der Waals surface area contributed by atoms with Crippen LogP contribution in [0.4, 0.5) is 8.78 Å². The van der Waals surface area contributed by atoms with Crippen LogP contribution >= 0.6 is 0 Å². The highest BCUT2D eigenvalue weighted by Crippen LogP contribution is 2.25. The van der Waals surface area contributed by atoms with Crippen LogP contribution in [-0.4, -0.2) is 26.0 Å². The zero-order valence-corrected chi connectivity index (χ0v) is 17.2. The molecular weight excluding hydrogens is 396 g/mol. The van der Waals surface area contributed by atoms with Crippen LogP contribution in [0.25, 0.3) is 11.1 Å². The van der Waals surface area contributed by atoms with Gasteiger partial charge in [-0.3, -0.25) is 4.79 Å². The largest absolute Gasteiger partial charge is 0.351 e. The number of carbonyl (C=O) groups is 1. The van der Waals surface area contributed by atoms with Crippen molar-refractivity contribution in [3.63, 3.8) is 0 Å². The molecule has 3 rings (SSSR count). The molecule has 158 valence electrons. The lowest BCUT2D eigenvalue weighted by Gasteiger charge is -2.19. The fourth-order valence-electron chi connectivity index (χ4n) is 3.42. The molecule has 2 N–H and O–H groups in total. The lowest BCUT2D eigenvalue weighted by atomic mass is 9.93. The summed E-state index contributed by atoms with van der Waals surface area (Å²) in [7, 11) is 1.86. The third kappa shape index (κ3) is 5.97. The molecule has 3 aromatic carbocycles. The number of benzene rings is 3. The first kappa shape index (κ1) is 22.1. The monoisotopic (exact) mass is 419 g/mol. The van der Waals surface area contributed by atoms with Crippen LogP contribution in [0.1, 0.15) is 33.8 Å². The first-order valence-corrected chi connectivity index (χ1v) is 9.99. The Kier molecular flexibility index (Phi) is 7.47. The first-order valence-electron chi connectivity index (χ1n) is 9.99. The van der Waals surface area contributed by atoms with Gasteiger partial charge in [0.1, 0.15) is 11.6 Å². The molecule has 3 aromatic rings. The molecule has 0 fully saturated rings. The minimum absolute atomic E-state index is 0.0225. The summed E-state index contributed by atoms with van der Waals surface area (Å²) >= 11 is 0. The quantitative estimate of drug-likeness (QED) is 0.560. The number of nitriles is 1. The Morgan fingerprint density at radius 1 is 1.00 bits per heavy atom. The van der Waals surface area contributed by atoms with E-state index in [0.29, 0.717) is 12.1 Å². The van der Waals surface area contributed by atoms with E-state index in [1.54, 1.807) is 6.07 Å². The summed E-state index contributed by atoms with van der Waals surface area (Å²) in [6, 6.07) is 20.3. The number of nitrogens with zero attached hydrogens (tertiary/aromatic N) is 1. The number of hydrogen-bond acceptors (Lipinski definition) is 3. The van der Waals surface area contributed by atoms with Crippen LogP contribution in [0.5, 0.6) is 0 Å². The molecule has 0 bridgehead atoms. The molecule has 1 amide bonds. The SMILES string of the molecule is CNCCC(CNC(=O)c1cc(F)cc(F)c1)c1ccc(-c2cccc(C#N)c2)cc1. The van der Waals surface area contributed by atoms with Crippen LogP contribution in [0.2, 0.25) is 0 Å². The van der Waals surface area contributed by atoms with Gasteiger partial charge in [0.15, 0.2) is 0 Å². The van der Waals surface area contributed by atoms with Gasteiger partial charge in [-0.15, -0.1) is 0 Å². The van der Waals surface area contributed by atoms with Gasteiger partial charge in [0, 0.05) is 24.1 Å². The van der Waals surface area contributed by atoms with Crippen molar-refractivity contribution in [2.24, 2.45) is 0 Å². The summed E-state index contributed by atoms with van der Waals surface area (Å²) in [6.07, 6.45) is 0.775. The van der Waals surface area contributed by atoms with Crippen molar-refractivity contribution < 1.29 is 13.6 Å². The lowest BCUT2D eigenvalue weighted by molar-refractivity contribution is 0.0949. The van der Waals surface area contributed by atoms with E-state index >= 15 is 0 Å². The number of halogens is 2. The van der Waals surface area contributed by atoms with Gasteiger partial charge in [0.2, 0.25) is 0 Å². The molecule has 1 atom stereocenters. The van der Waals surface area contributed by atoms with Crippen molar-refractivity contribution >= 4 is 5.91 Å². The summed E-state index contributed by atoms with van der Waals surface area (Å²) in [5, 5.41) is 15.0. The predicted molar refractivity (Wildman–Crippen MR) is 117 cm³/mol. The molecule has 0 aromatic heterocycles. The maximum Gasteiger partial charge on any atom is 0.251 e. The maximum atomic E-state index is 13.4. The van der Waals surface area contributed by atoms with E-state index in [-0.39, 0.29) is 11.5 Å². The Hall–Kier alpha value is -3.56. The molecule has 1 unspecified atom stereocenters. The molecule has 6 heteroatoms. The second-order valence-corrected chi connectivity index (χ2v) is 7.27. The highest BCUT2D eigenvalue weighted by Gasteiger charge is 2.15. The minimum atomic E-state index is -0.784. The smallest absolute Gasteiger partial charge is 0.251 e. The van der Waals surface area contributed by atoms with E-state index in [1.807, 2.05) is 49.5 Å². The summed E-state index contributed by atoms with van der Waals surface area (Å²) in [6.45, 7) is 1.09. The Morgan fingerprint density at radius 2 is 1.71 bits per heavy atom. The van der Waals surface area contributed by atoms with Crippen LogP contribution in [-0.2, 0) is 0 Å². The number of carbonyl (C=O) groups excluding carboxylic acids is 1. The lowest BCUT2D eigenvalue weighted by Crippen LogP contribution is -2.29. The fourth-order valence-corrected chi connectivity index (χ4v) is 3.42. The van der Waals surface area contributed by atoms with Crippen molar-refractivity contribution in [3.05, 3.63) is 95.1 Å². The molecule has 0 saturated heterocycles. The number of nitrogens with one attached hydrogen (secondary N) is 2. The minimum Gasteiger partial charge on any atom is -0.351 e. The van der Waals surface area contributed by atoms with Gasteiger partial charge in [0.05, 0.1) is 11.6 Å². The standard InChI is InChI=1S/C25H23F2N3O/c1-29-10-9-21(16-30-25(31)22-12-23(26)14-24(27)13-22)19-7-5-18(6-8-19)20-4-2-3-17(11-20)15-28/h2-8,11-14,21,29H,9-10,16H2,1H3,(H,30,31). The molecule has 0 spiro atoms. The van der Waals surface area contributed by atoms with E-state index < -0.39 is 17.5 Å². The van der Waals surface area contributed by atoms with E-state index in [0.717, 1.165) is 47.9 Å². The third-order valence-electron chi connectivity index (χ3n) is 5.08. The average Bonchev–Trinajstić information content (AvgIpc) is 2.78. The van der Waals surface area contributed by atoms with Crippen LogP contribution in [0.15, 0.2) is 66.7 Å². The van der Waals surface area contributed by atoms with E-state index in [4.69, 9.17) is 5.26 Å². The zero-order chi connectivity index (χ0) is 22.2. The first-order chi connectivity index (χ1) is 15.0. The molecule has 0 aliphatic carbocycles. The maximum absolute atomic E-state index is 13.4. The predicted octanol–water partition coefficient (Wildman–Crippen LogP) is 4.63. The zero-order valence-electron chi connectivity index (χ0n) is 17.2. The van der Waals surface area contributed by atoms with Gasteiger partial charge in [-0.25, -0.2) is 8.78 Å². The van der Waals surface area contributed by atoms with E-state index in [1.165, 1.54) is 0 Å². The Balaban J connectivity index is 1.74. The fraction of sp³-hybridized carbons (Fsp3) is 0.200. The molecule has 0 aliphatic heterocycles. The summed E-state index contributed by atoms with van der Waals surface area (Å²) in [5.41, 5.74) is 3.55. The van der Waals surface area contributed by atoms with Crippen LogP contribution < -0.4 is 10.6 Å². The number of rotatable bonds is 8. The van der Waals surface area contributed by atoms with Crippen molar-refractivity contribution in [1.82, 2.24) is 10.6 Å². The Bertz CT molecular complexity index is 1070. The normalized spacial score (nSPS) is 11.5. The Labute approximate surface area is 180 Å². The summed E-state index contributed by atoms with van der Waals surface area (Å²) in [4.78, 5) is 12.4. The number of hydrogen-bond donors (Lipinski definition) is 2. The van der Waals surface area contributed by atoms with Crippen LogP contribution in [0.3, 0.4) is 0 Å². The summed E-state index contributed by atoms with van der Waals surface area (Å²) < 4.78 is 26.8. The van der Waals surface area contributed by atoms with Gasteiger partial charge in [-0.05, 0) is 61.0 Å². The second-order valence-electron chi connectivity index (χ2n) is 7.27. The van der Waals surface area contributed by atoms with Gasteiger partial charge >= 0.3 is 0 Å². The van der Waals surface area contributed by atoms with Gasteiger partial charge < -0.3 is 10.6 Å². The van der Waals surface area contributed by atoms with Crippen molar-refractivity contribution in [2.45, 2.75) is 12.3 Å². The van der Waals surface area contributed by atoms with Crippen molar-refractivity contribution in [2.75, 3.05) is 20.1 Å². The van der Waals surface area contributed by atoms with Gasteiger partial charge in [-0.2, -0.15) is 5.26 Å². The van der Waals surface area contributed by atoms with Crippen molar-refractivity contribution in [1.29, 1.82) is 5.26 Å². The molecule has 0 saturated carbocycles. The average molecular weight is 419 g/mol. The van der Waals surface area contributed by atoms with Gasteiger partial charge in [-0.1, -0.05) is 36.4 Å². The molecule has 0 radical (unpaired) electrons. The molecule has 0 aliphatic rings. The van der Waals surface area contributed by atoms with Crippen LogP contribution in [0, 0.1) is 23.0 Å².